The summed E-state index contributed by atoms with van der Waals surface area (Å²) in [7, 11) is 1.57. The number of hydrogen-bond donors (Lipinski definition) is 1. The standard InChI is InChI=1S/C13H15BrClNO4/c1-16(6-4-13(18)19)12(17)5-7-20-11-3-2-9(15)8-10(11)14/h2-3,8H,4-7H2,1H3,(H,18,19). The van der Waals surface area contributed by atoms with E-state index in [-0.39, 0.29) is 31.9 Å². The minimum atomic E-state index is -0.925. The molecule has 0 bridgehead atoms. The van der Waals surface area contributed by atoms with E-state index in [1.54, 1.807) is 25.2 Å². The largest absolute Gasteiger partial charge is 0.492 e. The highest BCUT2D eigenvalue weighted by Crippen LogP contribution is 2.27. The number of ether oxygens (including phenoxy) is 1. The first-order valence-corrected chi connectivity index (χ1v) is 7.11. The third-order valence-electron chi connectivity index (χ3n) is 2.55. The van der Waals surface area contributed by atoms with Crippen LogP contribution in [0.25, 0.3) is 0 Å². The molecule has 1 rings (SSSR count). The fourth-order valence-electron chi connectivity index (χ4n) is 1.42. The highest BCUT2D eigenvalue weighted by Gasteiger charge is 2.11. The molecule has 0 aliphatic carbocycles. The molecule has 0 fully saturated rings. The SMILES string of the molecule is CN(CCC(=O)O)C(=O)CCOc1ccc(Cl)cc1Br. The van der Waals surface area contributed by atoms with Crippen LogP contribution in [0.2, 0.25) is 5.02 Å². The van der Waals surface area contributed by atoms with Gasteiger partial charge in [-0.15, -0.1) is 0 Å². The van der Waals surface area contributed by atoms with Crippen molar-refractivity contribution in [3.8, 4) is 5.75 Å². The van der Waals surface area contributed by atoms with Crippen molar-refractivity contribution < 1.29 is 19.4 Å². The summed E-state index contributed by atoms with van der Waals surface area (Å²) in [6.07, 6.45) is 0.122. The summed E-state index contributed by atoms with van der Waals surface area (Å²) in [5.74, 6) is -0.474. The van der Waals surface area contributed by atoms with E-state index in [1.807, 2.05) is 0 Å². The van der Waals surface area contributed by atoms with Gasteiger partial charge >= 0.3 is 5.97 Å². The molecule has 5 nitrogen and oxygen atoms in total. The van der Waals surface area contributed by atoms with Gasteiger partial charge in [0.1, 0.15) is 5.75 Å². The van der Waals surface area contributed by atoms with E-state index in [0.29, 0.717) is 10.8 Å². The molecule has 0 unspecified atom stereocenters. The molecule has 0 aromatic heterocycles. The van der Waals surface area contributed by atoms with E-state index >= 15 is 0 Å². The molecular weight excluding hydrogens is 350 g/mol. The summed E-state index contributed by atoms with van der Waals surface area (Å²) < 4.78 is 6.19. The molecule has 0 spiro atoms. The second-order valence-electron chi connectivity index (χ2n) is 4.13. The summed E-state index contributed by atoms with van der Waals surface area (Å²) >= 11 is 9.12. The lowest BCUT2D eigenvalue weighted by molar-refractivity contribution is -0.138. The maximum atomic E-state index is 11.7. The maximum Gasteiger partial charge on any atom is 0.305 e. The Morgan fingerprint density at radius 1 is 1.40 bits per heavy atom. The zero-order chi connectivity index (χ0) is 15.1. The van der Waals surface area contributed by atoms with Gasteiger partial charge in [0, 0.05) is 18.6 Å². The summed E-state index contributed by atoms with van der Waals surface area (Å²) in [6, 6.07) is 5.12. The average molecular weight is 365 g/mol. The monoisotopic (exact) mass is 363 g/mol. The number of carboxylic acids is 1. The van der Waals surface area contributed by atoms with Crippen LogP contribution in [0.1, 0.15) is 12.8 Å². The molecule has 110 valence electrons. The third-order valence-corrected chi connectivity index (χ3v) is 3.41. The van der Waals surface area contributed by atoms with Crippen LogP contribution in [0.3, 0.4) is 0 Å². The number of carbonyl (C=O) groups excluding carboxylic acids is 1. The first-order valence-electron chi connectivity index (χ1n) is 5.93. The van der Waals surface area contributed by atoms with Crippen molar-refractivity contribution in [3.63, 3.8) is 0 Å². The zero-order valence-corrected chi connectivity index (χ0v) is 13.3. The molecule has 1 aromatic carbocycles. The van der Waals surface area contributed by atoms with Gasteiger partial charge in [-0.1, -0.05) is 11.6 Å². The van der Waals surface area contributed by atoms with E-state index in [0.717, 1.165) is 4.47 Å². The van der Waals surface area contributed by atoms with Crippen molar-refractivity contribution >= 4 is 39.4 Å². The van der Waals surface area contributed by atoms with Gasteiger partial charge in [-0.2, -0.15) is 0 Å². The normalized spacial score (nSPS) is 10.2. The Kier molecular flexibility index (Phi) is 6.81. The summed E-state index contributed by atoms with van der Waals surface area (Å²) in [6.45, 7) is 0.412. The summed E-state index contributed by atoms with van der Waals surface area (Å²) in [5, 5.41) is 9.13. The molecule has 0 atom stereocenters. The Bertz CT molecular complexity index is 495. The number of rotatable bonds is 7. The van der Waals surface area contributed by atoms with E-state index in [4.69, 9.17) is 21.4 Å². The average Bonchev–Trinajstić information content (AvgIpc) is 2.38. The topological polar surface area (TPSA) is 66.8 Å². The number of hydrogen-bond acceptors (Lipinski definition) is 3. The van der Waals surface area contributed by atoms with Gasteiger partial charge in [0.25, 0.3) is 0 Å². The molecule has 0 saturated carbocycles. The molecule has 0 radical (unpaired) electrons. The molecule has 20 heavy (non-hydrogen) atoms. The minimum Gasteiger partial charge on any atom is -0.492 e. The molecule has 1 aromatic rings. The quantitative estimate of drug-likeness (QED) is 0.808. The van der Waals surface area contributed by atoms with Crippen LogP contribution >= 0.6 is 27.5 Å². The second kappa shape index (κ2) is 8.11. The van der Waals surface area contributed by atoms with E-state index in [9.17, 15) is 9.59 Å². The molecule has 0 aliphatic heterocycles. The van der Waals surface area contributed by atoms with E-state index in [1.165, 1.54) is 4.90 Å². The smallest absolute Gasteiger partial charge is 0.305 e. The van der Waals surface area contributed by atoms with E-state index < -0.39 is 5.97 Å². The van der Waals surface area contributed by atoms with Crippen molar-refractivity contribution in [1.29, 1.82) is 0 Å². The Balaban J connectivity index is 2.36. The van der Waals surface area contributed by atoms with Crippen LogP contribution in [0, 0.1) is 0 Å². The van der Waals surface area contributed by atoms with Crippen molar-refractivity contribution in [1.82, 2.24) is 4.90 Å². The van der Waals surface area contributed by atoms with E-state index in [2.05, 4.69) is 15.9 Å². The molecule has 1 amide bonds. The van der Waals surface area contributed by atoms with Crippen LogP contribution in [0.15, 0.2) is 22.7 Å². The van der Waals surface area contributed by atoms with Crippen molar-refractivity contribution in [3.05, 3.63) is 27.7 Å². The van der Waals surface area contributed by atoms with Crippen LogP contribution in [0.4, 0.5) is 0 Å². The lowest BCUT2D eigenvalue weighted by Gasteiger charge is -2.16. The van der Waals surface area contributed by atoms with Gasteiger partial charge in [0.15, 0.2) is 0 Å². The zero-order valence-electron chi connectivity index (χ0n) is 10.9. The van der Waals surface area contributed by atoms with Crippen LogP contribution < -0.4 is 4.74 Å². The number of carbonyl (C=O) groups is 2. The van der Waals surface area contributed by atoms with Crippen molar-refractivity contribution in [2.24, 2.45) is 0 Å². The molecule has 7 heteroatoms. The Hall–Kier alpha value is -1.27. The molecular formula is C13H15BrClNO4. The van der Waals surface area contributed by atoms with Gasteiger partial charge in [-0.3, -0.25) is 9.59 Å². The van der Waals surface area contributed by atoms with Gasteiger partial charge in [0.2, 0.25) is 5.91 Å². The molecule has 1 N–H and O–H groups in total. The maximum absolute atomic E-state index is 11.7. The van der Waals surface area contributed by atoms with Crippen LogP contribution in [-0.2, 0) is 9.59 Å². The van der Waals surface area contributed by atoms with Gasteiger partial charge in [-0.05, 0) is 34.1 Å². The predicted molar refractivity (Wildman–Crippen MR) is 79.2 cm³/mol. The molecule has 0 heterocycles. The van der Waals surface area contributed by atoms with Crippen molar-refractivity contribution in [2.45, 2.75) is 12.8 Å². The summed E-state index contributed by atoms with van der Waals surface area (Å²) in [5.41, 5.74) is 0. The van der Waals surface area contributed by atoms with Crippen LogP contribution in [-0.4, -0.2) is 42.1 Å². The highest BCUT2D eigenvalue weighted by atomic mass is 79.9. The Morgan fingerprint density at radius 2 is 2.10 bits per heavy atom. The fraction of sp³-hybridized carbons (Fsp3) is 0.385. The first-order chi connectivity index (χ1) is 9.40. The molecule has 0 aliphatic rings. The Labute approximate surface area is 130 Å². The number of amides is 1. The number of halogens is 2. The van der Waals surface area contributed by atoms with Gasteiger partial charge < -0.3 is 14.7 Å². The number of carboxylic acid groups (broad SMARTS) is 1. The minimum absolute atomic E-state index is 0.0637. The number of nitrogens with zero attached hydrogens (tertiary/aromatic N) is 1. The highest BCUT2D eigenvalue weighted by molar-refractivity contribution is 9.10. The fourth-order valence-corrected chi connectivity index (χ4v) is 2.22. The van der Waals surface area contributed by atoms with Gasteiger partial charge in [0.05, 0.1) is 23.9 Å². The van der Waals surface area contributed by atoms with Gasteiger partial charge in [-0.25, -0.2) is 0 Å². The second-order valence-corrected chi connectivity index (χ2v) is 5.42. The molecule has 0 saturated heterocycles. The number of benzene rings is 1. The summed E-state index contributed by atoms with van der Waals surface area (Å²) in [4.78, 5) is 23.5. The first kappa shape index (κ1) is 16.8. The Morgan fingerprint density at radius 3 is 2.70 bits per heavy atom. The lowest BCUT2D eigenvalue weighted by Crippen LogP contribution is -2.30. The predicted octanol–water partition coefficient (Wildman–Crippen LogP) is 2.80. The third kappa shape index (κ3) is 5.79. The lowest BCUT2D eigenvalue weighted by atomic mass is 10.3. The van der Waals surface area contributed by atoms with Crippen LogP contribution in [0.5, 0.6) is 5.75 Å². The van der Waals surface area contributed by atoms with Crippen molar-refractivity contribution in [2.75, 3.05) is 20.2 Å². The number of aliphatic carboxylic acids is 1.